The van der Waals surface area contributed by atoms with Gasteiger partial charge in [-0.2, -0.15) is 4.98 Å². The van der Waals surface area contributed by atoms with Gasteiger partial charge in [-0.3, -0.25) is 9.69 Å². The molecule has 1 unspecified atom stereocenters. The summed E-state index contributed by atoms with van der Waals surface area (Å²) in [4.78, 5) is 24.2. The number of nitrogens with zero attached hydrogens (tertiary/aromatic N) is 4. The number of aromatic nitrogens is 2. The maximum atomic E-state index is 13.5. The molecule has 9 heteroatoms. The van der Waals surface area contributed by atoms with Crippen LogP contribution in [0.2, 0.25) is 0 Å². The Morgan fingerprint density at radius 1 is 1.03 bits per heavy atom. The summed E-state index contributed by atoms with van der Waals surface area (Å²) in [5.74, 6) is 2.46. The lowest BCUT2D eigenvalue weighted by atomic mass is 10.2. The molecule has 0 bridgehead atoms. The lowest BCUT2D eigenvalue weighted by Crippen LogP contribution is -2.30. The van der Waals surface area contributed by atoms with Gasteiger partial charge in [-0.05, 0) is 42.8 Å². The fourth-order valence-corrected chi connectivity index (χ4v) is 4.22. The number of amidine groups is 1. The Hall–Kier alpha value is -3.59. The van der Waals surface area contributed by atoms with Crippen molar-refractivity contribution in [3.8, 4) is 11.5 Å². The molecule has 34 heavy (non-hydrogen) atoms. The molecule has 0 aliphatic carbocycles. The number of anilines is 1. The fraction of sp³-hybridized carbons (Fsp3) is 0.280. The first-order valence-corrected chi connectivity index (χ1v) is 11.7. The minimum atomic E-state index is -0.229. The smallest absolute Gasteiger partial charge is 0.283 e. The average Bonchev–Trinajstić information content (AvgIpc) is 3.45. The van der Waals surface area contributed by atoms with Crippen LogP contribution in [0.25, 0.3) is 6.08 Å². The van der Waals surface area contributed by atoms with Crippen LogP contribution in [0.5, 0.6) is 11.5 Å². The maximum absolute atomic E-state index is 13.5. The van der Waals surface area contributed by atoms with Crippen molar-refractivity contribution in [2.45, 2.75) is 31.9 Å². The van der Waals surface area contributed by atoms with Gasteiger partial charge in [-0.15, -0.1) is 0 Å². The molecule has 0 fully saturated rings. The highest BCUT2D eigenvalue weighted by Crippen LogP contribution is 2.37. The number of amides is 1. The second kappa shape index (κ2) is 10.1. The Morgan fingerprint density at radius 3 is 2.41 bits per heavy atom. The van der Waals surface area contributed by atoms with Gasteiger partial charge in [0.25, 0.3) is 5.91 Å². The lowest BCUT2D eigenvalue weighted by Gasteiger charge is -2.19. The van der Waals surface area contributed by atoms with E-state index in [-0.39, 0.29) is 17.1 Å². The summed E-state index contributed by atoms with van der Waals surface area (Å²) in [6, 6.07) is 14.8. The molecule has 0 spiro atoms. The summed E-state index contributed by atoms with van der Waals surface area (Å²) < 4.78 is 16.0. The number of carbonyl (C=O) groups excluding carboxylic acids is 1. The highest BCUT2D eigenvalue weighted by molar-refractivity contribution is 8.14. The zero-order valence-corrected chi connectivity index (χ0v) is 20.5. The first kappa shape index (κ1) is 23.6. The van der Waals surface area contributed by atoms with E-state index in [2.05, 4.69) is 15.1 Å². The summed E-state index contributed by atoms with van der Waals surface area (Å²) in [6.07, 6.45) is 1.76. The first-order chi connectivity index (χ1) is 16.4. The highest BCUT2D eigenvalue weighted by atomic mass is 32.2. The molecule has 0 radical (unpaired) electrons. The van der Waals surface area contributed by atoms with Gasteiger partial charge in [-0.25, -0.2) is 4.99 Å². The summed E-state index contributed by atoms with van der Waals surface area (Å²) in [7, 11) is 3.20. The summed E-state index contributed by atoms with van der Waals surface area (Å²) in [5, 5.41) is 4.37. The predicted molar refractivity (Wildman–Crippen MR) is 133 cm³/mol. The lowest BCUT2D eigenvalue weighted by molar-refractivity contribution is -0.113. The zero-order chi connectivity index (χ0) is 24.2. The minimum absolute atomic E-state index is 0.160. The van der Waals surface area contributed by atoms with Gasteiger partial charge in [0.15, 0.2) is 11.0 Å². The van der Waals surface area contributed by atoms with Crippen LogP contribution in [0.3, 0.4) is 0 Å². The molecule has 2 aromatic carbocycles. The molecule has 1 aliphatic rings. The van der Waals surface area contributed by atoms with E-state index in [1.807, 2.05) is 63.2 Å². The van der Waals surface area contributed by atoms with Gasteiger partial charge >= 0.3 is 0 Å². The van der Waals surface area contributed by atoms with Crippen molar-refractivity contribution in [2.24, 2.45) is 4.99 Å². The molecule has 4 rings (SSSR count). The Morgan fingerprint density at radius 2 is 1.76 bits per heavy atom. The number of thioether (sulfide) groups is 1. The van der Waals surface area contributed by atoms with Gasteiger partial charge in [-0.1, -0.05) is 49.0 Å². The molecule has 1 aliphatic heterocycles. The summed E-state index contributed by atoms with van der Waals surface area (Å²) in [6.45, 7) is 5.96. The number of ether oxygens (including phenoxy) is 2. The van der Waals surface area contributed by atoms with Crippen molar-refractivity contribution in [1.82, 2.24) is 10.1 Å². The highest BCUT2D eigenvalue weighted by Gasteiger charge is 2.34. The van der Waals surface area contributed by atoms with Crippen molar-refractivity contribution in [3.05, 3.63) is 71.5 Å². The molecule has 0 saturated carbocycles. The van der Waals surface area contributed by atoms with Gasteiger partial charge in [0.1, 0.15) is 17.2 Å². The second-order valence-corrected chi connectivity index (χ2v) is 9.25. The van der Waals surface area contributed by atoms with Crippen molar-refractivity contribution < 1.29 is 18.8 Å². The molecular weight excluding hydrogens is 452 g/mol. The van der Waals surface area contributed by atoms with Crippen molar-refractivity contribution >= 4 is 34.6 Å². The zero-order valence-electron chi connectivity index (χ0n) is 19.7. The molecule has 8 nitrogen and oxygen atoms in total. The van der Waals surface area contributed by atoms with E-state index in [4.69, 9.17) is 14.0 Å². The van der Waals surface area contributed by atoms with E-state index in [1.165, 1.54) is 11.8 Å². The van der Waals surface area contributed by atoms with Crippen LogP contribution in [0.1, 0.15) is 49.2 Å². The Kier molecular flexibility index (Phi) is 7.02. The first-order valence-electron chi connectivity index (χ1n) is 10.8. The second-order valence-electron chi connectivity index (χ2n) is 7.94. The van der Waals surface area contributed by atoms with Gasteiger partial charge in [0.05, 0.1) is 25.2 Å². The molecule has 0 saturated heterocycles. The van der Waals surface area contributed by atoms with Crippen molar-refractivity contribution in [3.63, 3.8) is 0 Å². The van der Waals surface area contributed by atoms with Gasteiger partial charge < -0.3 is 14.0 Å². The van der Waals surface area contributed by atoms with Gasteiger partial charge in [0, 0.05) is 12.0 Å². The van der Waals surface area contributed by atoms with E-state index in [9.17, 15) is 4.79 Å². The SMILES string of the molecule is COc1ccc(/C=C2\N=C(SC(C)c3nc(C(C)C)no3)N(c3cccc(OC)c3)C2=O)cc1. The molecule has 1 aromatic heterocycles. The topological polar surface area (TPSA) is 90.1 Å². The number of benzene rings is 2. The molecule has 176 valence electrons. The van der Waals surface area contributed by atoms with E-state index in [1.54, 1.807) is 31.3 Å². The number of aliphatic imine (C=N–C) groups is 1. The number of carbonyl (C=O) groups is 1. The van der Waals surface area contributed by atoms with E-state index >= 15 is 0 Å². The van der Waals surface area contributed by atoms with Gasteiger partial charge in [0.2, 0.25) is 5.89 Å². The van der Waals surface area contributed by atoms with Crippen LogP contribution >= 0.6 is 11.8 Å². The van der Waals surface area contributed by atoms with Crippen LogP contribution in [0.4, 0.5) is 5.69 Å². The quantitative estimate of drug-likeness (QED) is 0.417. The predicted octanol–water partition coefficient (Wildman–Crippen LogP) is 5.45. The number of rotatable bonds is 7. The maximum Gasteiger partial charge on any atom is 0.283 e. The molecule has 2 heterocycles. The van der Waals surface area contributed by atoms with Crippen LogP contribution in [0.15, 0.2) is 63.7 Å². The van der Waals surface area contributed by atoms with Crippen molar-refractivity contribution in [2.75, 3.05) is 19.1 Å². The molecule has 1 amide bonds. The standard InChI is InChI=1S/C25H26N4O4S/c1-15(2)22-27-23(33-28-22)16(3)34-25-26-21(13-17-9-11-19(31-4)12-10-17)24(30)29(25)18-7-6-8-20(14-18)32-5/h6-16H,1-5H3/b21-13-. The van der Waals surface area contributed by atoms with E-state index in [0.717, 1.165) is 11.3 Å². The Balaban J connectivity index is 1.68. The fourth-order valence-electron chi connectivity index (χ4n) is 3.27. The number of hydrogen-bond donors (Lipinski definition) is 0. The molecular formula is C25H26N4O4S. The monoisotopic (exact) mass is 478 g/mol. The number of methoxy groups -OCH3 is 2. The average molecular weight is 479 g/mol. The third-order valence-corrected chi connectivity index (χ3v) is 6.20. The van der Waals surface area contributed by atoms with Crippen LogP contribution in [-0.4, -0.2) is 35.4 Å². The third kappa shape index (κ3) is 4.99. The van der Waals surface area contributed by atoms with Crippen LogP contribution < -0.4 is 14.4 Å². The molecule has 0 N–H and O–H groups in total. The van der Waals surface area contributed by atoms with E-state index < -0.39 is 0 Å². The van der Waals surface area contributed by atoms with Crippen LogP contribution in [0, 0.1) is 0 Å². The molecule has 1 atom stereocenters. The minimum Gasteiger partial charge on any atom is -0.497 e. The third-order valence-electron chi connectivity index (χ3n) is 5.16. The summed E-state index contributed by atoms with van der Waals surface area (Å²) in [5.41, 5.74) is 1.83. The normalized spacial score (nSPS) is 15.7. The Labute approximate surface area is 202 Å². The Bertz CT molecular complexity index is 1230. The number of hydrogen-bond acceptors (Lipinski definition) is 8. The van der Waals surface area contributed by atoms with Crippen molar-refractivity contribution in [1.29, 1.82) is 0 Å². The van der Waals surface area contributed by atoms with E-state index in [0.29, 0.717) is 34.0 Å². The largest absolute Gasteiger partial charge is 0.497 e. The van der Waals surface area contributed by atoms with Crippen LogP contribution in [-0.2, 0) is 4.79 Å². The summed E-state index contributed by atoms with van der Waals surface area (Å²) >= 11 is 1.38. The molecule has 3 aromatic rings.